The van der Waals surface area contributed by atoms with Crippen LogP contribution >= 0.6 is 0 Å². The van der Waals surface area contributed by atoms with Crippen molar-refractivity contribution in [2.24, 2.45) is 0 Å². The summed E-state index contributed by atoms with van der Waals surface area (Å²) >= 11 is 0. The summed E-state index contributed by atoms with van der Waals surface area (Å²) in [6.07, 6.45) is 1.50. The van der Waals surface area contributed by atoms with Crippen molar-refractivity contribution < 1.29 is 13.2 Å². The van der Waals surface area contributed by atoms with E-state index in [0.29, 0.717) is 12.4 Å². The Labute approximate surface area is 102 Å². The fourth-order valence-corrected chi connectivity index (χ4v) is 2.44. The molecule has 0 saturated carbocycles. The van der Waals surface area contributed by atoms with E-state index >= 15 is 0 Å². The van der Waals surface area contributed by atoms with Crippen LogP contribution in [0.4, 0.5) is 0 Å². The summed E-state index contributed by atoms with van der Waals surface area (Å²) in [5.74, 6) is 0.704. The normalized spacial score (nSPS) is 11.2. The van der Waals surface area contributed by atoms with Crippen LogP contribution in [0.3, 0.4) is 0 Å². The molecule has 1 aromatic rings. The minimum atomic E-state index is -3.45. The minimum absolute atomic E-state index is 0.217. The third-order valence-electron chi connectivity index (χ3n) is 2.17. The van der Waals surface area contributed by atoms with E-state index in [1.807, 2.05) is 13.8 Å². The number of sulfonamides is 1. The predicted molar refractivity (Wildman–Crippen MR) is 67.7 cm³/mol. The highest BCUT2D eigenvalue weighted by molar-refractivity contribution is 7.89. The van der Waals surface area contributed by atoms with Gasteiger partial charge in [0.1, 0.15) is 5.75 Å². The van der Waals surface area contributed by atoms with E-state index in [-0.39, 0.29) is 11.4 Å². The van der Waals surface area contributed by atoms with Crippen LogP contribution in [0.25, 0.3) is 0 Å². The molecular formula is C12H17NO3S. The van der Waals surface area contributed by atoms with E-state index in [9.17, 15) is 8.42 Å². The molecule has 0 unspecified atom stereocenters. The summed E-state index contributed by atoms with van der Waals surface area (Å²) in [6, 6.07) is 4.79. The van der Waals surface area contributed by atoms with E-state index in [4.69, 9.17) is 4.74 Å². The van der Waals surface area contributed by atoms with Gasteiger partial charge >= 0.3 is 0 Å². The zero-order valence-electron chi connectivity index (χ0n) is 10.1. The SMILES string of the molecule is C=CCNS(=O)(=O)c1ccc(OCC)c(C)c1. The first-order valence-corrected chi connectivity index (χ1v) is 6.83. The Morgan fingerprint density at radius 3 is 2.71 bits per heavy atom. The highest BCUT2D eigenvalue weighted by atomic mass is 32.2. The molecule has 0 aliphatic heterocycles. The molecule has 94 valence electrons. The van der Waals surface area contributed by atoms with Crippen molar-refractivity contribution >= 4 is 10.0 Å². The summed E-state index contributed by atoms with van der Waals surface area (Å²) in [7, 11) is -3.45. The molecule has 0 bridgehead atoms. The number of ether oxygens (including phenoxy) is 1. The number of hydrogen-bond donors (Lipinski definition) is 1. The lowest BCUT2D eigenvalue weighted by atomic mass is 10.2. The molecule has 5 heteroatoms. The zero-order chi connectivity index (χ0) is 12.9. The third-order valence-corrected chi connectivity index (χ3v) is 3.60. The lowest BCUT2D eigenvalue weighted by molar-refractivity contribution is 0.337. The van der Waals surface area contributed by atoms with Gasteiger partial charge in [-0.1, -0.05) is 6.08 Å². The monoisotopic (exact) mass is 255 g/mol. The number of hydrogen-bond acceptors (Lipinski definition) is 3. The summed E-state index contributed by atoms with van der Waals surface area (Å²) in [5.41, 5.74) is 0.799. The zero-order valence-corrected chi connectivity index (χ0v) is 10.9. The van der Waals surface area contributed by atoms with Crippen LogP contribution in [0.5, 0.6) is 5.75 Å². The van der Waals surface area contributed by atoms with Gasteiger partial charge in [0.05, 0.1) is 11.5 Å². The van der Waals surface area contributed by atoms with Crippen LogP contribution in [0, 0.1) is 6.92 Å². The molecule has 1 N–H and O–H groups in total. The maximum Gasteiger partial charge on any atom is 0.240 e. The number of nitrogens with one attached hydrogen (secondary N) is 1. The lowest BCUT2D eigenvalue weighted by Gasteiger charge is -2.09. The molecule has 1 aromatic carbocycles. The van der Waals surface area contributed by atoms with Crippen molar-refractivity contribution in [2.75, 3.05) is 13.2 Å². The van der Waals surface area contributed by atoms with Crippen LogP contribution in [-0.4, -0.2) is 21.6 Å². The molecular weight excluding hydrogens is 238 g/mol. The maximum absolute atomic E-state index is 11.8. The smallest absolute Gasteiger partial charge is 0.240 e. The Bertz CT molecular complexity index is 494. The molecule has 17 heavy (non-hydrogen) atoms. The van der Waals surface area contributed by atoms with Crippen molar-refractivity contribution in [3.8, 4) is 5.75 Å². The second-order valence-corrected chi connectivity index (χ2v) is 5.27. The van der Waals surface area contributed by atoms with Crippen LogP contribution < -0.4 is 9.46 Å². The highest BCUT2D eigenvalue weighted by Gasteiger charge is 2.14. The first kappa shape index (κ1) is 13.7. The average Bonchev–Trinajstić information content (AvgIpc) is 2.29. The molecule has 0 aliphatic carbocycles. The third kappa shape index (κ3) is 3.57. The molecule has 0 spiro atoms. The van der Waals surface area contributed by atoms with Crippen molar-refractivity contribution in [3.05, 3.63) is 36.4 Å². The molecule has 0 amide bonds. The molecule has 0 aromatic heterocycles. The van der Waals surface area contributed by atoms with E-state index < -0.39 is 10.0 Å². The van der Waals surface area contributed by atoms with Crippen molar-refractivity contribution in [3.63, 3.8) is 0 Å². The van der Waals surface area contributed by atoms with Gasteiger partial charge in [-0.15, -0.1) is 6.58 Å². The molecule has 0 radical (unpaired) electrons. The van der Waals surface area contributed by atoms with Gasteiger partial charge in [-0.3, -0.25) is 0 Å². The second-order valence-electron chi connectivity index (χ2n) is 3.50. The van der Waals surface area contributed by atoms with Gasteiger partial charge in [-0.2, -0.15) is 0 Å². The molecule has 4 nitrogen and oxygen atoms in total. The Kier molecular flexibility index (Phi) is 4.72. The second kappa shape index (κ2) is 5.84. The Hall–Kier alpha value is -1.33. The van der Waals surface area contributed by atoms with E-state index in [2.05, 4.69) is 11.3 Å². The van der Waals surface area contributed by atoms with Crippen LogP contribution in [-0.2, 0) is 10.0 Å². The first-order chi connectivity index (χ1) is 8.01. The van der Waals surface area contributed by atoms with E-state index in [0.717, 1.165) is 5.56 Å². The highest BCUT2D eigenvalue weighted by Crippen LogP contribution is 2.21. The molecule has 0 heterocycles. The van der Waals surface area contributed by atoms with Gasteiger partial charge in [-0.25, -0.2) is 13.1 Å². The van der Waals surface area contributed by atoms with Gasteiger partial charge in [0.2, 0.25) is 10.0 Å². The molecule has 0 fully saturated rings. The maximum atomic E-state index is 11.8. The average molecular weight is 255 g/mol. The van der Waals surface area contributed by atoms with Crippen molar-refractivity contribution in [2.45, 2.75) is 18.7 Å². The summed E-state index contributed by atoms with van der Waals surface area (Å²) in [6.45, 7) is 7.94. The van der Waals surface area contributed by atoms with Crippen molar-refractivity contribution in [1.82, 2.24) is 4.72 Å². The van der Waals surface area contributed by atoms with Gasteiger partial charge in [-0.05, 0) is 37.6 Å². The van der Waals surface area contributed by atoms with Crippen molar-refractivity contribution in [1.29, 1.82) is 0 Å². The largest absolute Gasteiger partial charge is 0.494 e. The van der Waals surface area contributed by atoms with Crippen LogP contribution in [0.2, 0.25) is 0 Å². The predicted octanol–water partition coefficient (Wildman–Crippen LogP) is 1.86. The first-order valence-electron chi connectivity index (χ1n) is 5.35. The lowest BCUT2D eigenvalue weighted by Crippen LogP contribution is -2.23. The molecule has 1 rings (SSSR count). The van der Waals surface area contributed by atoms with Gasteiger partial charge in [0.15, 0.2) is 0 Å². The van der Waals surface area contributed by atoms with Gasteiger partial charge in [0.25, 0.3) is 0 Å². The van der Waals surface area contributed by atoms with Gasteiger partial charge in [0, 0.05) is 6.54 Å². The number of aryl methyl sites for hydroxylation is 1. The summed E-state index contributed by atoms with van der Waals surface area (Å²) in [4.78, 5) is 0.236. The number of rotatable bonds is 6. The van der Waals surface area contributed by atoms with Gasteiger partial charge < -0.3 is 4.74 Å². The van der Waals surface area contributed by atoms with E-state index in [1.165, 1.54) is 12.1 Å². The summed E-state index contributed by atoms with van der Waals surface area (Å²) in [5, 5.41) is 0. The molecule has 0 saturated heterocycles. The fourth-order valence-electron chi connectivity index (χ4n) is 1.36. The Morgan fingerprint density at radius 2 is 2.18 bits per heavy atom. The topological polar surface area (TPSA) is 55.4 Å². The molecule has 0 aliphatic rings. The quantitative estimate of drug-likeness (QED) is 0.789. The van der Waals surface area contributed by atoms with Crippen LogP contribution in [0.1, 0.15) is 12.5 Å². The number of benzene rings is 1. The Morgan fingerprint density at radius 1 is 1.47 bits per heavy atom. The van der Waals surface area contributed by atoms with Crippen LogP contribution in [0.15, 0.2) is 35.7 Å². The fraction of sp³-hybridized carbons (Fsp3) is 0.333. The van der Waals surface area contributed by atoms with E-state index in [1.54, 1.807) is 12.1 Å². The molecule has 0 atom stereocenters. The minimum Gasteiger partial charge on any atom is -0.494 e. The summed E-state index contributed by atoms with van der Waals surface area (Å²) < 4.78 is 31.4. The Balaban J connectivity index is 3.00. The standard InChI is InChI=1S/C12H17NO3S/c1-4-8-13-17(14,15)11-6-7-12(16-5-2)10(3)9-11/h4,6-7,9,13H,1,5,8H2,2-3H3.